The first-order valence-corrected chi connectivity index (χ1v) is 4.27. The van der Waals surface area contributed by atoms with Crippen molar-refractivity contribution in [3.63, 3.8) is 0 Å². The monoisotopic (exact) mass is 245 g/mol. The Morgan fingerprint density at radius 2 is 1.81 bits per heavy atom. The number of hydrogen-bond acceptors (Lipinski definition) is 5. The molecule has 1 heterocycles. The lowest BCUT2D eigenvalue weighted by Crippen LogP contribution is -2.60. The lowest BCUT2D eigenvalue weighted by atomic mass is 10.0. The SMILES string of the molecule is O=C(N[C@H]1CO[C@H](O)[C@@H](O)[C@H]1O)C(F)(F)F. The van der Waals surface area contributed by atoms with E-state index in [1.54, 1.807) is 0 Å². The van der Waals surface area contributed by atoms with Crippen LogP contribution in [0.2, 0.25) is 0 Å². The lowest BCUT2D eigenvalue weighted by Gasteiger charge is -2.35. The van der Waals surface area contributed by atoms with Gasteiger partial charge in [-0.1, -0.05) is 0 Å². The summed E-state index contributed by atoms with van der Waals surface area (Å²) in [5.41, 5.74) is 0. The van der Waals surface area contributed by atoms with Crippen molar-refractivity contribution in [1.29, 1.82) is 0 Å². The molecule has 0 spiro atoms. The van der Waals surface area contributed by atoms with Crippen LogP contribution in [-0.2, 0) is 9.53 Å². The van der Waals surface area contributed by atoms with Gasteiger partial charge in [0.1, 0.15) is 12.2 Å². The fraction of sp³-hybridized carbons (Fsp3) is 0.857. The molecule has 0 bridgehead atoms. The standard InChI is InChI=1S/C7H10F3NO5/c8-7(9,10)6(15)11-2-1-16-5(14)4(13)3(2)12/h2-5,12-14H,1H2,(H,11,15)/t2-,3-,4-,5-/m0/s1. The maximum absolute atomic E-state index is 11.9. The molecule has 4 atom stereocenters. The molecule has 1 aliphatic heterocycles. The molecule has 0 saturated carbocycles. The normalized spacial score (nSPS) is 35.9. The molecule has 16 heavy (non-hydrogen) atoms. The van der Waals surface area contributed by atoms with E-state index in [9.17, 15) is 23.1 Å². The van der Waals surface area contributed by atoms with Crippen LogP contribution in [0.3, 0.4) is 0 Å². The first kappa shape index (κ1) is 13.2. The van der Waals surface area contributed by atoms with Crippen LogP contribution < -0.4 is 5.32 Å². The van der Waals surface area contributed by atoms with Crippen molar-refractivity contribution in [3.8, 4) is 0 Å². The lowest BCUT2D eigenvalue weighted by molar-refractivity contribution is -0.231. The molecular weight excluding hydrogens is 235 g/mol. The third kappa shape index (κ3) is 2.82. The van der Waals surface area contributed by atoms with Crippen LogP contribution in [0.15, 0.2) is 0 Å². The zero-order valence-corrected chi connectivity index (χ0v) is 7.81. The predicted octanol–water partition coefficient (Wildman–Crippen LogP) is -1.90. The Morgan fingerprint density at radius 3 is 2.31 bits per heavy atom. The third-order valence-electron chi connectivity index (χ3n) is 2.07. The van der Waals surface area contributed by atoms with E-state index in [1.165, 1.54) is 5.32 Å². The van der Waals surface area contributed by atoms with Crippen LogP contribution >= 0.6 is 0 Å². The summed E-state index contributed by atoms with van der Waals surface area (Å²) in [4.78, 5) is 10.5. The summed E-state index contributed by atoms with van der Waals surface area (Å²) in [6, 6.07) is -1.42. The van der Waals surface area contributed by atoms with Crippen LogP contribution in [0.25, 0.3) is 0 Å². The van der Waals surface area contributed by atoms with Gasteiger partial charge < -0.3 is 25.4 Å². The Kier molecular flexibility index (Phi) is 3.73. The number of alkyl halides is 3. The molecule has 1 amide bonds. The summed E-state index contributed by atoms with van der Waals surface area (Å²) in [5, 5.41) is 28.7. The molecule has 1 aliphatic rings. The van der Waals surface area contributed by atoms with E-state index in [0.29, 0.717) is 0 Å². The molecule has 0 aliphatic carbocycles. The maximum Gasteiger partial charge on any atom is 0.471 e. The van der Waals surface area contributed by atoms with Gasteiger partial charge in [-0.3, -0.25) is 4.79 Å². The van der Waals surface area contributed by atoms with Gasteiger partial charge >= 0.3 is 12.1 Å². The number of hydrogen-bond donors (Lipinski definition) is 4. The average molecular weight is 245 g/mol. The van der Waals surface area contributed by atoms with E-state index in [4.69, 9.17) is 10.2 Å². The number of aliphatic hydroxyl groups is 3. The third-order valence-corrected chi connectivity index (χ3v) is 2.07. The van der Waals surface area contributed by atoms with Crippen LogP contribution in [0.4, 0.5) is 13.2 Å². The molecule has 6 nitrogen and oxygen atoms in total. The van der Waals surface area contributed by atoms with Crippen molar-refractivity contribution in [2.45, 2.75) is 30.7 Å². The number of aliphatic hydroxyl groups excluding tert-OH is 3. The molecule has 0 aromatic carbocycles. The van der Waals surface area contributed by atoms with Crippen molar-refractivity contribution < 1.29 is 38.0 Å². The van der Waals surface area contributed by atoms with Crippen LogP contribution in [-0.4, -0.2) is 58.5 Å². The number of amides is 1. The van der Waals surface area contributed by atoms with Crippen molar-refractivity contribution >= 4 is 5.91 Å². The van der Waals surface area contributed by atoms with Crippen LogP contribution in [0.5, 0.6) is 0 Å². The van der Waals surface area contributed by atoms with Gasteiger partial charge in [-0.15, -0.1) is 0 Å². The summed E-state index contributed by atoms with van der Waals surface area (Å²) in [6.45, 7) is -0.527. The Balaban J connectivity index is 2.59. The molecule has 0 aromatic heterocycles. The highest BCUT2D eigenvalue weighted by atomic mass is 19.4. The van der Waals surface area contributed by atoms with Gasteiger partial charge in [-0.05, 0) is 0 Å². The molecule has 4 N–H and O–H groups in total. The highest BCUT2D eigenvalue weighted by Crippen LogP contribution is 2.18. The molecule has 9 heteroatoms. The number of carbonyl (C=O) groups excluding carboxylic acids is 1. The van der Waals surface area contributed by atoms with E-state index in [0.717, 1.165) is 0 Å². The summed E-state index contributed by atoms with van der Waals surface area (Å²) >= 11 is 0. The highest BCUT2D eigenvalue weighted by Gasteiger charge is 2.44. The van der Waals surface area contributed by atoms with Crippen molar-refractivity contribution in [2.75, 3.05) is 6.61 Å². The molecule has 1 saturated heterocycles. The zero-order valence-electron chi connectivity index (χ0n) is 7.81. The van der Waals surface area contributed by atoms with E-state index >= 15 is 0 Å². The molecule has 1 rings (SSSR count). The van der Waals surface area contributed by atoms with Gasteiger partial charge in [0.05, 0.1) is 12.6 Å². The summed E-state index contributed by atoms with van der Waals surface area (Å²) in [5.74, 6) is -2.25. The number of rotatable bonds is 1. The van der Waals surface area contributed by atoms with E-state index in [1.807, 2.05) is 0 Å². The smallest absolute Gasteiger partial charge is 0.388 e. The van der Waals surface area contributed by atoms with Crippen LogP contribution in [0.1, 0.15) is 0 Å². The van der Waals surface area contributed by atoms with Crippen molar-refractivity contribution in [3.05, 3.63) is 0 Å². The van der Waals surface area contributed by atoms with Crippen LogP contribution in [0, 0.1) is 0 Å². The Labute approximate surface area is 87.6 Å². The first-order valence-electron chi connectivity index (χ1n) is 4.27. The minimum atomic E-state index is -5.08. The number of carbonyl (C=O) groups is 1. The fourth-order valence-corrected chi connectivity index (χ4v) is 1.18. The van der Waals surface area contributed by atoms with E-state index in [-0.39, 0.29) is 0 Å². The van der Waals surface area contributed by atoms with Gasteiger partial charge in [0.2, 0.25) is 0 Å². The maximum atomic E-state index is 11.9. The fourth-order valence-electron chi connectivity index (χ4n) is 1.18. The van der Waals surface area contributed by atoms with E-state index in [2.05, 4.69) is 4.74 Å². The molecule has 0 aromatic rings. The van der Waals surface area contributed by atoms with Gasteiger partial charge in [-0.25, -0.2) is 0 Å². The first-order chi connectivity index (χ1) is 7.23. The molecule has 1 fully saturated rings. The quantitative estimate of drug-likeness (QED) is 0.432. The second-order valence-electron chi connectivity index (χ2n) is 3.28. The Bertz CT molecular complexity index is 271. The molecule has 94 valence electrons. The molecule has 0 unspecified atom stereocenters. The molecular formula is C7H10F3NO5. The summed E-state index contributed by atoms with van der Waals surface area (Å²) in [7, 11) is 0. The van der Waals surface area contributed by atoms with Gasteiger partial charge in [-0.2, -0.15) is 13.2 Å². The minimum Gasteiger partial charge on any atom is -0.388 e. The van der Waals surface area contributed by atoms with Crippen molar-refractivity contribution in [2.24, 2.45) is 0 Å². The highest BCUT2D eigenvalue weighted by molar-refractivity contribution is 5.82. The largest absolute Gasteiger partial charge is 0.471 e. The number of halogens is 3. The summed E-state index contributed by atoms with van der Waals surface area (Å²) < 4.78 is 40.0. The topological polar surface area (TPSA) is 99.0 Å². The second kappa shape index (κ2) is 4.53. The van der Waals surface area contributed by atoms with E-state index < -0.39 is 43.2 Å². The summed E-state index contributed by atoms with van der Waals surface area (Å²) in [6.07, 6.45) is -10.3. The van der Waals surface area contributed by atoms with Gasteiger partial charge in [0.15, 0.2) is 6.29 Å². The minimum absolute atomic E-state index is 0.527. The van der Waals surface area contributed by atoms with Gasteiger partial charge in [0.25, 0.3) is 0 Å². The Hall–Kier alpha value is -0.900. The number of nitrogens with one attached hydrogen (secondary N) is 1. The second-order valence-corrected chi connectivity index (χ2v) is 3.28. The number of ether oxygens (including phenoxy) is 1. The molecule has 0 radical (unpaired) electrons. The predicted molar refractivity (Wildman–Crippen MR) is 42.0 cm³/mol. The van der Waals surface area contributed by atoms with Gasteiger partial charge in [0, 0.05) is 0 Å². The zero-order chi connectivity index (χ0) is 12.5. The van der Waals surface area contributed by atoms with Crippen molar-refractivity contribution in [1.82, 2.24) is 5.32 Å². The Morgan fingerprint density at radius 1 is 1.25 bits per heavy atom. The average Bonchev–Trinajstić information content (AvgIpc) is 2.17.